The number of aromatic nitrogens is 1. The Morgan fingerprint density at radius 2 is 2.05 bits per heavy atom. The van der Waals surface area contributed by atoms with E-state index in [0.717, 1.165) is 35.4 Å². The minimum Gasteiger partial charge on any atom is -0.392 e. The van der Waals surface area contributed by atoms with Crippen molar-refractivity contribution in [3.05, 3.63) is 36.0 Å². The molecule has 0 aliphatic rings. The molecule has 0 radical (unpaired) electrons. The predicted octanol–water partition coefficient (Wildman–Crippen LogP) is 1.93. The van der Waals surface area contributed by atoms with E-state index in [1.165, 1.54) is 0 Å². The average molecular weight is 259 g/mol. The molecule has 2 rings (SSSR count). The zero-order valence-corrected chi connectivity index (χ0v) is 11.5. The molecule has 0 amide bonds. The Balaban J connectivity index is 2.00. The van der Waals surface area contributed by atoms with Crippen LogP contribution in [0.15, 0.2) is 30.3 Å². The van der Waals surface area contributed by atoms with Crippen molar-refractivity contribution in [2.24, 2.45) is 0 Å². The van der Waals surface area contributed by atoms with Gasteiger partial charge in [0, 0.05) is 36.4 Å². The molecular weight excluding hydrogens is 238 g/mol. The van der Waals surface area contributed by atoms with Gasteiger partial charge in [-0.1, -0.05) is 18.2 Å². The van der Waals surface area contributed by atoms with Crippen molar-refractivity contribution in [3.63, 3.8) is 0 Å². The number of hydrogen-bond acceptors (Lipinski definition) is 4. The molecular formula is C15H21N3O. The number of hydrogen-bond donors (Lipinski definition) is 3. The quantitative estimate of drug-likeness (QED) is 0.694. The number of aliphatic hydroxyl groups excluding tert-OH is 1. The van der Waals surface area contributed by atoms with Crippen LogP contribution in [0.4, 0.5) is 5.69 Å². The molecule has 0 bridgehead atoms. The molecule has 1 aromatic heterocycles. The van der Waals surface area contributed by atoms with Crippen LogP contribution in [0.25, 0.3) is 10.9 Å². The standard InChI is InChI=1S/C15H21N3O/c1-11-9-15(17-8-7-16-10-12(2)19)13-5-3-4-6-14(13)18-11/h3-6,9,12,16,19H,7-8,10H2,1-2H3,(H,17,18). The lowest BCUT2D eigenvalue weighted by Gasteiger charge is -2.12. The number of fused-ring (bicyclic) bond motifs is 1. The van der Waals surface area contributed by atoms with Crippen LogP contribution in [0.5, 0.6) is 0 Å². The molecule has 4 nitrogen and oxygen atoms in total. The highest BCUT2D eigenvalue weighted by atomic mass is 16.3. The van der Waals surface area contributed by atoms with E-state index in [9.17, 15) is 0 Å². The lowest BCUT2D eigenvalue weighted by molar-refractivity contribution is 0.192. The number of pyridine rings is 1. The molecule has 0 saturated carbocycles. The zero-order valence-electron chi connectivity index (χ0n) is 11.5. The maximum atomic E-state index is 9.16. The first-order valence-corrected chi connectivity index (χ1v) is 6.66. The van der Waals surface area contributed by atoms with Gasteiger partial charge in [0.2, 0.25) is 0 Å². The normalized spacial score (nSPS) is 12.6. The van der Waals surface area contributed by atoms with Gasteiger partial charge in [-0.2, -0.15) is 0 Å². The Kier molecular flexibility index (Phi) is 4.71. The topological polar surface area (TPSA) is 57.2 Å². The number of anilines is 1. The lowest BCUT2D eigenvalue weighted by Crippen LogP contribution is -2.29. The van der Waals surface area contributed by atoms with E-state index < -0.39 is 0 Å². The summed E-state index contributed by atoms with van der Waals surface area (Å²) < 4.78 is 0. The molecule has 0 spiro atoms. The van der Waals surface area contributed by atoms with Crippen molar-refractivity contribution in [2.45, 2.75) is 20.0 Å². The fourth-order valence-corrected chi connectivity index (χ4v) is 2.05. The monoisotopic (exact) mass is 259 g/mol. The predicted molar refractivity (Wildman–Crippen MR) is 79.5 cm³/mol. The lowest BCUT2D eigenvalue weighted by atomic mass is 10.1. The van der Waals surface area contributed by atoms with Gasteiger partial charge in [-0.05, 0) is 26.0 Å². The number of rotatable bonds is 6. The van der Waals surface area contributed by atoms with Crippen molar-refractivity contribution < 1.29 is 5.11 Å². The van der Waals surface area contributed by atoms with E-state index in [2.05, 4.69) is 27.8 Å². The minimum atomic E-state index is -0.302. The number of aliphatic hydroxyl groups is 1. The summed E-state index contributed by atoms with van der Waals surface area (Å²) in [7, 11) is 0. The van der Waals surface area contributed by atoms with Gasteiger partial charge in [0.15, 0.2) is 0 Å². The van der Waals surface area contributed by atoms with Crippen LogP contribution in [-0.2, 0) is 0 Å². The van der Waals surface area contributed by atoms with Crippen LogP contribution in [0.2, 0.25) is 0 Å². The van der Waals surface area contributed by atoms with E-state index >= 15 is 0 Å². The third-order valence-electron chi connectivity index (χ3n) is 2.90. The summed E-state index contributed by atoms with van der Waals surface area (Å²) in [6.07, 6.45) is -0.302. The average Bonchev–Trinajstić information content (AvgIpc) is 2.37. The Hall–Kier alpha value is -1.65. The first-order valence-electron chi connectivity index (χ1n) is 6.66. The Morgan fingerprint density at radius 3 is 2.84 bits per heavy atom. The van der Waals surface area contributed by atoms with Crippen molar-refractivity contribution in [3.8, 4) is 0 Å². The van der Waals surface area contributed by atoms with Gasteiger partial charge in [0.1, 0.15) is 0 Å². The molecule has 2 aromatic rings. The van der Waals surface area contributed by atoms with Crippen LogP contribution in [0.3, 0.4) is 0 Å². The second-order valence-corrected chi connectivity index (χ2v) is 4.81. The van der Waals surface area contributed by atoms with Gasteiger partial charge in [-0.25, -0.2) is 0 Å². The van der Waals surface area contributed by atoms with Crippen molar-refractivity contribution in [2.75, 3.05) is 25.0 Å². The van der Waals surface area contributed by atoms with Gasteiger partial charge < -0.3 is 15.7 Å². The summed E-state index contributed by atoms with van der Waals surface area (Å²) in [6.45, 7) is 6.04. The molecule has 0 aliphatic heterocycles. The smallest absolute Gasteiger partial charge is 0.0725 e. The minimum absolute atomic E-state index is 0.302. The molecule has 0 aliphatic carbocycles. The SMILES string of the molecule is Cc1cc(NCCNCC(C)O)c2ccccc2n1. The summed E-state index contributed by atoms with van der Waals surface area (Å²) in [4.78, 5) is 4.52. The third kappa shape index (κ3) is 3.91. The van der Waals surface area contributed by atoms with Gasteiger partial charge in [0.05, 0.1) is 11.6 Å². The summed E-state index contributed by atoms with van der Waals surface area (Å²) in [5.74, 6) is 0. The Labute approximate surface area is 113 Å². The molecule has 1 atom stereocenters. The Morgan fingerprint density at radius 1 is 1.26 bits per heavy atom. The summed E-state index contributed by atoms with van der Waals surface area (Å²) >= 11 is 0. The summed E-state index contributed by atoms with van der Waals surface area (Å²) in [6, 6.07) is 10.2. The van der Waals surface area contributed by atoms with Gasteiger partial charge in [-0.3, -0.25) is 4.98 Å². The molecule has 0 saturated heterocycles. The maximum Gasteiger partial charge on any atom is 0.0725 e. The second-order valence-electron chi connectivity index (χ2n) is 4.81. The first-order chi connectivity index (χ1) is 9.16. The zero-order chi connectivity index (χ0) is 13.7. The largest absolute Gasteiger partial charge is 0.392 e. The van der Waals surface area contributed by atoms with Gasteiger partial charge in [-0.15, -0.1) is 0 Å². The summed E-state index contributed by atoms with van der Waals surface area (Å²) in [5, 5.41) is 16.9. The number of aryl methyl sites for hydroxylation is 1. The molecule has 4 heteroatoms. The van der Waals surface area contributed by atoms with E-state index in [0.29, 0.717) is 6.54 Å². The van der Waals surface area contributed by atoms with Crippen LogP contribution in [0.1, 0.15) is 12.6 Å². The molecule has 102 valence electrons. The van der Waals surface area contributed by atoms with Gasteiger partial charge >= 0.3 is 0 Å². The van der Waals surface area contributed by atoms with Crippen LogP contribution in [0, 0.1) is 6.92 Å². The molecule has 3 N–H and O–H groups in total. The fourth-order valence-electron chi connectivity index (χ4n) is 2.05. The second kappa shape index (κ2) is 6.50. The molecule has 1 heterocycles. The van der Waals surface area contributed by atoms with Crippen LogP contribution < -0.4 is 10.6 Å². The Bertz CT molecular complexity index is 540. The number of para-hydroxylation sites is 1. The van der Waals surface area contributed by atoms with Gasteiger partial charge in [0.25, 0.3) is 0 Å². The highest BCUT2D eigenvalue weighted by molar-refractivity contribution is 5.91. The molecule has 1 unspecified atom stereocenters. The molecule has 1 aromatic carbocycles. The van der Waals surface area contributed by atoms with E-state index in [4.69, 9.17) is 5.11 Å². The molecule has 0 fully saturated rings. The van der Waals surface area contributed by atoms with E-state index in [1.54, 1.807) is 6.92 Å². The maximum absolute atomic E-state index is 9.16. The fraction of sp³-hybridized carbons (Fsp3) is 0.400. The van der Waals surface area contributed by atoms with Crippen LogP contribution in [-0.4, -0.2) is 35.8 Å². The van der Waals surface area contributed by atoms with Crippen molar-refractivity contribution >= 4 is 16.6 Å². The van der Waals surface area contributed by atoms with Crippen LogP contribution >= 0.6 is 0 Å². The van der Waals surface area contributed by atoms with E-state index in [1.807, 2.05) is 25.1 Å². The molecule has 19 heavy (non-hydrogen) atoms. The third-order valence-corrected chi connectivity index (χ3v) is 2.90. The first kappa shape index (κ1) is 13.8. The number of nitrogens with one attached hydrogen (secondary N) is 2. The summed E-state index contributed by atoms with van der Waals surface area (Å²) in [5.41, 5.74) is 3.14. The van der Waals surface area contributed by atoms with Crippen molar-refractivity contribution in [1.82, 2.24) is 10.3 Å². The number of benzene rings is 1. The highest BCUT2D eigenvalue weighted by Gasteiger charge is 2.02. The number of nitrogens with zero attached hydrogens (tertiary/aromatic N) is 1. The highest BCUT2D eigenvalue weighted by Crippen LogP contribution is 2.22. The van der Waals surface area contributed by atoms with E-state index in [-0.39, 0.29) is 6.10 Å². The van der Waals surface area contributed by atoms with Crippen molar-refractivity contribution in [1.29, 1.82) is 0 Å².